The standard InChI is InChI=1S/C16H16F3NO/c1-10(20)5-12-7-14(18)16(15(19)8-12)21-9-11-3-2-4-13(17)6-11/h2-4,6-8,10H,5,9,20H2,1H3. The third-order valence-corrected chi connectivity index (χ3v) is 2.89. The van der Waals surface area contributed by atoms with Crippen molar-refractivity contribution in [3.63, 3.8) is 0 Å². The summed E-state index contributed by atoms with van der Waals surface area (Å²) in [6.07, 6.45) is 0.373. The molecule has 1 unspecified atom stereocenters. The average Bonchev–Trinajstić information content (AvgIpc) is 2.37. The fraction of sp³-hybridized carbons (Fsp3) is 0.250. The zero-order chi connectivity index (χ0) is 15.4. The van der Waals surface area contributed by atoms with Crippen molar-refractivity contribution in [1.82, 2.24) is 0 Å². The Labute approximate surface area is 121 Å². The molecule has 1 atom stereocenters. The Morgan fingerprint density at radius 3 is 2.29 bits per heavy atom. The molecule has 2 aromatic carbocycles. The lowest BCUT2D eigenvalue weighted by Gasteiger charge is -2.11. The molecule has 0 amide bonds. The van der Waals surface area contributed by atoms with Crippen LogP contribution in [0, 0.1) is 17.5 Å². The molecule has 0 radical (unpaired) electrons. The summed E-state index contributed by atoms with van der Waals surface area (Å²) in [5.74, 6) is -2.47. The van der Waals surface area contributed by atoms with E-state index in [4.69, 9.17) is 10.5 Å². The minimum atomic E-state index is -0.790. The van der Waals surface area contributed by atoms with Crippen molar-refractivity contribution in [2.75, 3.05) is 0 Å². The van der Waals surface area contributed by atoms with Crippen LogP contribution < -0.4 is 10.5 Å². The van der Waals surface area contributed by atoms with E-state index in [1.165, 1.54) is 30.3 Å². The van der Waals surface area contributed by atoms with Gasteiger partial charge in [-0.25, -0.2) is 13.2 Å². The molecule has 21 heavy (non-hydrogen) atoms. The van der Waals surface area contributed by atoms with Crippen molar-refractivity contribution in [3.8, 4) is 5.75 Å². The van der Waals surface area contributed by atoms with E-state index in [0.717, 1.165) is 0 Å². The highest BCUT2D eigenvalue weighted by Crippen LogP contribution is 2.25. The molecule has 0 heterocycles. The number of benzene rings is 2. The molecular formula is C16H16F3NO. The highest BCUT2D eigenvalue weighted by molar-refractivity contribution is 5.32. The first-order chi connectivity index (χ1) is 9.95. The summed E-state index contributed by atoms with van der Waals surface area (Å²) < 4.78 is 45.9. The average molecular weight is 295 g/mol. The van der Waals surface area contributed by atoms with Gasteiger partial charge in [0.25, 0.3) is 0 Å². The van der Waals surface area contributed by atoms with Crippen molar-refractivity contribution in [2.45, 2.75) is 26.0 Å². The molecule has 0 fully saturated rings. The summed E-state index contributed by atoms with van der Waals surface area (Å²) in [6.45, 7) is 1.64. The van der Waals surface area contributed by atoms with E-state index in [-0.39, 0.29) is 12.6 Å². The van der Waals surface area contributed by atoms with Gasteiger partial charge in [0.2, 0.25) is 0 Å². The molecule has 0 saturated carbocycles. The van der Waals surface area contributed by atoms with Crippen molar-refractivity contribution in [2.24, 2.45) is 5.73 Å². The summed E-state index contributed by atoms with van der Waals surface area (Å²) in [5, 5.41) is 0. The van der Waals surface area contributed by atoms with Crippen molar-refractivity contribution >= 4 is 0 Å². The van der Waals surface area contributed by atoms with Gasteiger partial charge in [0, 0.05) is 6.04 Å². The Kier molecular flexibility index (Phi) is 4.85. The minimum absolute atomic E-state index is 0.113. The maximum Gasteiger partial charge on any atom is 0.191 e. The second-order valence-corrected chi connectivity index (χ2v) is 4.99. The minimum Gasteiger partial charge on any atom is -0.483 e. The lowest BCUT2D eigenvalue weighted by Crippen LogP contribution is -2.18. The third-order valence-electron chi connectivity index (χ3n) is 2.89. The topological polar surface area (TPSA) is 35.2 Å². The van der Waals surface area contributed by atoms with Crippen LogP contribution in [0.5, 0.6) is 5.75 Å². The van der Waals surface area contributed by atoms with Crippen molar-refractivity contribution < 1.29 is 17.9 Å². The van der Waals surface area contributed by atoms with E-state index in [1.54, 1.807) is 13.0 Å². The van der Waals surface area contributed by atoms with Gasteiger partial charge in [0.1, 0.15) is 12.4 Å². The van der Waals surface area contributed by atoms with Crippen molar-refractivity contribution in [1.29, 1.82) is 0 Å². The number of hydrogen-bond donors (Lipinski definition) is 1. The lowest BCUT2D eigenvalue weighted by atomic mass is 10.1. The number of hydrogen-bond acceptors (Lipinski definition) is 2. The second-order valence-electron chi connectivity index (χ2n) is 4.99. The quantitative estimate of drug-likeness (QED) is 0.915. The van der Waals surface area contributed by atoms with Crippen LogP contribution in [0.2, 0.25) is 0 Å². The van der Waals surface area contributed by atoms with E-state index in [1.807, 2.05) is 0 Å². The Balaban J connectivity index is 2.13. The largest absolute Gasteiger partial charge is 0.483 e. The maximum absolute atomic E-state index is 13.9. The van der Waals surface area contributed by atoms with Crippen LogP contribution in [0.4, 0.5) is 13.2 Å². The first-order valence-corrected chi connectivity index (χ1v) is 6.56. The molecule has 2 nitrogen and oxygen atoms in total. The predicted octanol–water partition coefficient (Wildman–Crippen LogP) is 3.57. The summed E-state index contributed by atoms with van der Waals surface area (Å²) in [6, 6.07) is 7.87. The maximum atomic E-state index is 13.9. The Hall–Kier alpha value is -2.01. The molecule has 0 aliphatic carbocycles. The Morgan fingerprint density at radius 1 is 1.05 bits per heavy atom. The molecule has 5 heteroatoms. The van der Waals surface area contributed by atoms with Gasteiger partial charge < -0.3 is 10.5 Å². The van der Waals surface area contributed by atoms with E-state index in [9.17, 15) is 13.2 Å². The summed E-state index contributed by atoms with van der Waals surface area (Å²) in [7, 11) is 0. The molecule has 2 rings (SSSR count). The molecule has 112 valence electrons. The van der Waals surface area contributed by atoms with E-state index < -0.39 is 23.2 Å². The second kappa shape index (κ2) is 6.63. The highest BCUT2D eigenvalue weighted by Gasteiger charge is 2.13. The number of ether oxygens (including phenoxy) is 1. The van der Waals surface area contributed by atoms with Gasteiger partial charge in [-0.1, -0.05) is 12.1 Å². The number of nitrogens with two attached hydrogens (primary N) is 1. The molecule has 0 aromatic heterocycles. The van der Waals surface area contributed by atoms with Crippen LogP contribution >= 0.6 is 0 Å². The third kappa shape index (κ3) is 4.23. The summed E-state index contributed by atoms with van der Waals surface area (Å²) in [4.78, 5) is 0. The van der Waals surface area contributed by atoms with E-state index >= 15 is 0 Å². The SMILES string of the molecule is CC(N)Cc1cc(F)c(OCc2cccc(F)c2)c(F)c1. The molecular weight excluding hydrogens is 279 g/mol. The summed E-state index contributed by atoms with van der Waals surface area (Å²) in [5.41, 5.74) is 6.56. The van der Waals surface area contributed by atoms with Crippen LogP contribution in [0.3, 0.4) is 0 Å². The van der Waals surface area contributed by atoms with Crippen LogP contribution in [0.1, 0.15) is 18.1 Å². The molecule has 0 aliphatic rings. The monoisotopic (exact) mass is 295 g/mol. The molecule has 0 spiro atoms. The summed E-state index contributed by atoms with van der Waals surface area (Å²) >= 11 is 0. The Bertz CT molecular complexity index is 606. The number of halogens is 3. The normalized spacial score (nSPS) is 12.2. The van der Waals surface area contributed by atoms with Gasteiger partial charge in [-0.05, 0) is 48.7 Å². The zero-order valence-corrected chi connectivity index (χ0v) is 11.6. The van der Waals surface area contributed by atoms with Gasteiger partial charge in [-0.15, -0.1) is 0 Å². The molecule has 0 bridgehead atoms. The fourth-order valence-corrected chi connectivity index (χ4v) is 2.02. The van der Waals surface area contributed by atoms with E-state index in [0.29, 0.717) is 17.5 Å². The first-order valence-electron chi connectivity index (χ1n) is 6.56. The Morgan fingerprint density at radius 2 is 1.71 bits per heavy atom. The van der Waals surface area contributed by atoms with Gasteiger partial charge in [0.05, 0.1) is 0 Å². The molecule has 2 aromatic rings. The van der Waals surface area contributed by atoms with Crippen LogP contribution in [0.25, 0.3) is 0 Å². The fourth-order valence-electron chi connectivity index (χ4n) is 2.02. The molecule has 0 saturated heterocycles. The number of rotatable bonds is 5. The van der Waals surface area contributed by atoms with Gasteiger partial charge in [0.15, 0.2) is 17.4 Å². The molecule has 0 aliphatic heterocycles. The van der Waals surface area contributed by atoms with Crippen LogP contribution in [-0.2, 0) is 13.0 Å². The van der Waals surface area contributed by atoms with E-state index in [2.05, 4.69) is 0 Å². The molecule has 2 N–H and O–H groups in total. The van der Waals surface area contributed by atoms with Crippen LogP contribution in [-0.4, -0.2) is 6.04 Å². The van der Waals surface area contributed by atoms with Crippen LogP contribution in [0.15, 0.2) is 36.4 Å². The van der Waals surface area contributed by atoms with Gasteiger partial charge in [-0.3, -0.25) is 0 Å². The van der Waals surface area contributed by atoms with Gasteiger partial charge >= 0.3 is 0 Å². The zero-order valence-electron chi connectivity index (χ0n) is 11.6. The smallest absolute Gasteiger partial charge is 0.191 e. The highest BCUT2D eigenvalue weighted by atomic mass is 19.1. The van der Waals surface area contributed by atoms with Crippen molar-refractivity contribution in [3.05, 3.63) is 65.0 Å². The predicted molar refractivity (Wildman–Crippen MR) is 74.4 cm³/mol. The lowest BCUT2D eigenvalue weighted by molar-refractivity contribution is 0.273. The first kappa shape index (κ1) is 15.4. The van der Waals surface area contributed by atoms with Gasteiger partial charge in [-0.2, -0.15) is 0 Å².